The van der Waals surface area contributed by atoms with E-state index in [1.54, 1.807) is 18.2 Å². The van der Waals surface area contributed by atoms with Crippen LogP contribution in [0.1, 0.15) is 29.0 Å². The van der Waals surface area contributed by atoms with E-state index < -0.39 is 11.3 Å². The van der Waals surface area contributed by atoms with Crippen molar-refractivity contribution in [2.24, 2.45) is 0 Å². The highest BCUT2D eigenvalue weighted by Crippen LogP contribution is 2.27. The first-order valence-corrected chi connectivity index (χ1v) is 5.52. The van der Waals surface area contributed by atoms with Gasteiger partial charge in [0.15, 0.2) is 5.78 Å². The second-order valence-corrected chi connectivity index (χ2v) is 4.14. The van der Waals surface area contributed by atoms with Gasteiger partial charge in [0.2, 0.25) is 0 Å². The van der Waals surface area contributed by atoms with E-state index >= 15 is 0 Å². The molecule has 90 valence electrons. The lowest BCUT2D eigenvalue weighted by Crippen LogP contribution is -2.04. The van der Waals surface area contributed by atoms with E-state index in [1.807, 2.05) is 6.92 Å². The zero-order valence-electron chi connectivity index (χ0n) is 9.61. The van der Waals surface area contributed by atoms with E-state index in [2.05, 4.69) is 0 Å². The summed E-state index contributed by atoms with van der Waals surface area (Å²) in [5, 5.41) is 7.88. The molecule has 3 nitrogen and oxygen atoms in total. The molecule has 1 aromatic carbocycles. The van der Waals surface area contributed by atoms with Crippen molar-refractivity contribution in [3.05, 3.63) is 41.0 Å². The monoisotopic (exact) mass is 252 g/mol. The number of carbonyl (C=O) groups excluding carboxylic acids is 1. The van der Waals surface area contributed by atoms with Crippen LogP contribution in [0.2, 0.25) is 0 Å². The van der Waals surface area contributed by atoms with Crippen LogP contribution in [0.25, 0.3) is 6.08 Å². The lowest BCUT2D eigenvalue weighted by molar-refractivity contribution is -0.131. The number of rotatable bonds is 4. The maximum Gasteiger partial charge on any atom is 0.328 e. The van der Waals surface area contributed by atoms with Crippen LogP contribution in [0.5, 0.6) is 0 Å². The van der Waals surface area contributed by atoms with Crippen LogP contribution in [0.15, 0.2) is 24.3 Å². The molecule has 4 heteroatoms. The van der Waals surface area contributed by atoms with E-state index in [-0.39, 0.29) is 5.78 Å². The lowest BCUT2D eigenvalue weighted by atomic mass is 9.98. The summed E-state index contributed by atoms with van der Waals surface area (Å²) in [7, 11) is 0. The molecule has 0 aromatic heterocycles. The van der Waals surface area contributed by atoms with E-state index in [0.29, 0.717) is 5.56 Å². The van der Waals surface area contributed by atoms with E-state index in [1.165, 1.54) is 13.0 Å². The Morgan fingerprint density at radius 1 is 1.41 bits per heavy atom. The third-order valence-electron chi connectivity index (χ3n) is 2.45. The van der Waals surface area contributed by atoms with Gasteiger partial charge in [0, 0.05) is 6.08 Å². The van der Waals surface area contributed by atoms with Crippen molar-refractivity contribution in [1.29, 1.82) is 0 Å². The maximum atomic E-state index is 11.2. The number of carbonyl (C=O) groups is 2. The van der Waals surface area contributed by atoms with Crippen LogP contribution < -0.4 is 0 Å². The molecule has 0 radical (unpaired) electrons. The second kappa shape index (κ2) is 5.64. The van der Waals surface area contributed by atoms with Crippen molar-refractivity contribution >= 4 is 29.4 Å². The Labute approximate surface area is 105 Å². The Morgan fingerprint density at radius 2 is 2.06 bits per heavy atom. The molecule has 0 spiro atoms. The molecule has 1 N–H and O–H groups in total. The molecule has 1 rings (SSSR count). The van der Waals surface area contributed by atoms with Gasteiger partial charge in [-0.1, -0.05) is 18.2 Å². The number of alkyl halides is 1. The summed E-state index contributed by atoms with van der Waals surface area (Å²) >= 11 is 5.99. The summed E-state index contributed by atoms with van der Waals surface area (Å²) in [6.45, 7) is 3.24. The number of benzene rings is 1. The largest absolute Gasteiger partial charge is 0.478 e. The molecule has 0 saturated carbocycles. The van der Waals surface area contributed by atoms with Gasteiger partial charge in [0.05, 0.1) is 0 Å². The predicted molar refractivity (Wildman–Crippen MR) is 67.1 cm³/mol. The Bertz CT molecular complexity index is 478. The molecule has 1 unspecified atom stereocenters. The fourth-order valence-corrected chi connectivity index (χ4v) is 1.74. The summed E-state index contributed by atoms with van der Waals surface area (Å²) in [5.41, 5.74) is 2.28. The van der Waals surface area contributed by atoms with E-state index in [4.69, 9.17) is 16.7 Å². The van der Waals surface area contributed by atoms with Crippen molar-refractivity contribution in [2.75, 3.05) is 0 Å². The zero-order valence-corrected chi connectivity index (χ0v) is 10.4. The standard InChI is InChI=1S/C13H13ClO3/c1-8-10(6-7-12(16)17)4-3-5-11(8)13(14)9(2)15/h3-7,13H,1-2H3,(H,16,17)/b7-6+. The van der Waals surface area contributed by atoms with Gasteiger partial charge in [-0.25, -0.2) is 4.79 Å². The highest BCUT2D eigenvalue weighted by atomic mass is 35.5. The van der Waals surface area contributed by atoms with E-state index in [0.717, 1.165) is 17.2 Å². The van der Waals surface area contributed by atoms with Gasteiger partial charge < -0.3 is 5.11 Å². The molecular weight excluding hydrogens is 240 g/mol. The maximum absolute atomic E-state index is 11.2. The summed E-state index contributed by atoms with van der Waals surface area (Å²) in [6, 6.07) is 5.30. The minimum Gasteiger partial charge on any atom is -0.478 e. The molecule has 1 aromatic rings. The second-order valence-electron chi connectivity index (χ2n) is 3.71. The van der Waals surface area contributed by atoms with Crippen molar-refractivity contribution in [1.82, 2.24) is 0 Å². The predicted octanol–water partition coefficient (Wildman–Crippen LogP) is 2.96. The SMILES string of the molecule is CC(=O)C(Cl)c1cccc(/C=C/C(=O)O)c1C. The Morgan fingerprint density at radius 3 is 2.59 bits per heavy atom. The number of aliphatic carboxylic acids is 1. The number of Topliss-reactive ketones (excluding diaryl/α,β-unsaturated/α-hetero) is 1. The van der Waals surface area contributed by atoms with Crippen LogP contribution in [0.4, 0.5) is 0 Å². The first-order valence-electron chi connectivity index (χ1n) is 5.08. The molecule has 0 heterocycles. The number of carboxylic acid groups (broad SMARTS) is 1. The van der Waals surface area contributed by atoms with Gasteiger partial charge in [-0.15, -0.1) is 11.6 Å². The minimum absolute atomic E-state index is 0.130. The average Bonchev–Trinajstić information content (AvgIpc) is 2.26. The highest BCUT2D eigenvalue weighted by molar-refractivity contribution is 6.30. The number of halogens is 1. The van der Waals surface area contributed by atoms with Gasteiger partial charge in [-0.05, 0) is 36.6 Å². The fourth-order valence-electron chi connectivity index (χ4n) is 1.51. The Hall–Kier alpha value is -1.61. The molecule has 17 heavy (non-hydrogen) atoms. The summed E-state index contributed by atoms with van der Waals surface area (Å²) in [5.74, 6) is -1.14. The molecule has 0 aliphatic heterocycles. The molecule has 0 saturated heterocycles. The van der Waals surface area contributed by atoms with E-state index in [9.17, 15) is 9.59 Å². The smallest absolute Gasteiger partial charge is 0.328 e. The van der Waals surface area contributed by atoms with Crippen LogP contribution in [-0.4, -0.2) is 16.9 Å². The molecule has 0 aliphatic rings. The number of ketones is 1. The van der Waals surface area contributed by atoms with Crippen molar-refractivity contribution in [2.45, 2.75) is 19.2 Å². The van der Waals surface area contributed by atoms with Crippen LogP contribution >= 0.6 is 11.6 Å². The van der Waals surface area contributed by atoms with Gasteiger partial charge in [-0.2, -0.15) is 0 Å². The third kappa shape index (κ3) is 3.43. The minimum atomic E-state index is -1.01. The molecular formula is C13H13ClO3. The van der Waals surface area contributed by atoms with Crippen LogP contribution in [0, 0.1) is 6.92 Å². The summed E-state index contributed by atoms with van der Waals surface area (Å²) in [4.78, 5) is 21.7. The van der Waals surface area contributed by atoms with Crippen LogP contribution in [0.3, 0.4) is 0 Å². The summed E-state index contributed by atoms with van der Waals surface area (Å²) in [6.07, 6.45) is 2.55. The number of hydrogen-bond donors (Lipinski definition) is 1. The number of carboxylic acids is 1. The molecule has 1 atom stereocenters. The molecule has 0 fully saturated rings. The quantitative estimate of drug-likeness (QED) is 0.662. The van der Waals surface area contributed by atoms with Gasteiger partial charge in [0.1, 0.15) is 5.38 Å². The van der Waals surface area contributed by atoms with Crippen LogP contribution in [-0.2, 0) is 9.59 Å². The lowest BCUT2D eigenvalue weighted by Gasteiger charge is -2.11. The van der Waals surface area contributed by atoms with Gasteiger partial charge >= 0.3 is 5.97 Å². The Kier molecular flexibility index (Phi) is 4.46. The highest BCUT2D eigenvalue weighted by Gasteiger charge is 2.16. The van der Waals surface area contributed by atoms with Gasteiger partial charge in [-0.3, -0.25) is 4.79 Å². The third-order valence-corrected chi connectivity index (χ3v) is 3.00. The van der Waals surface area contributed by atoms with Gasteiger partial charge in [0.25, 0.3) is 0 Å². The zero-order chi connectivity index (χ0) is 13.0. The molecule has 0 amide bonds. The first-order chi connectivity index (χ1) is 7.93. The average molecular weight is 253 g/mol. The van der Waals surface area contributed by atoms with Crippen molar-refractivity contribution in [3.63, 3.8) is 0 Å². The number of hydrogen-bond acceptors (Lipinski definition) is 2. The summed E-state index contributed by atoms with van der Waals surface area (Å²) < 4.78 is 0. The fraction of sp³-hybridized carbons (Fsp3) is 0.231. The molecule has 0 bridgehead atoms. The van der Waals surface area contributed by atoms with Crippen molar-refractivity contribution in [3.8, 4) is 0 Å². The topological polar surface area (TPSA) is 54.4 Å². The normalized spacial score (nSPS) is 12.6. The van der Waals surface area contributed by atoms with Crippen molar-refractivity contribution < 1.29 is 14.7 Å². The Balaban J connectivity index is 3.16. The first kappa shape index (κ1) is 13.5. The molecule has 0 aliphatic carbocycles.